The number of thiocarbonyl (C=S) groups is 1. The van der Waals surface area contributed by atoms with Crippen molar-refractivity contribution in [2.24, 2.45) is 5.73 Å². The van der Waals surface area contributed by atoms with E-state index in [0.29, 0.717) is 0 Å². The van der Waals surface area contributed by atoms with Crippen LogP contribution < -0.4 is 11.1 Å². The average molecular weight is 284 g/mol. The number of nitrogens with two attached hydrogens (primary N) is 1. The van der Waals surface area contributed by atoms with Gasteiger partial charge < -0.3 is 11.1 Å². The van der Waals surface area contributed by atoms with Crippen molar-refractivity contribution in [2.75, 3.05) is 11.9 Å². The molecular weight excluding hydrogens is 275 g/mol. The molecule has 0 fully saturated rings. The van der Waals surface area contributed by atoms with Crippen LogP contribution in [0.25, 0.3) is 0 Å². The van der Waals surface area contributed by atoms with Gasteiger partial charge in [0, 0.05) is 5.69 Å². The number of rotatable bonds is 5. The van der Waals surface area contributed by atoms with Crippen LogP contribution in [0.15, 0.2) is 18.2 Å². The average Bonchev–Trinajstić information content (AvgIpc) is 2.25. The minimum atomic E-state index is -4.22. The second-order valence-corrected chi connectivity index (χ2v) is 3.88. The summed E-state index contributed by atoms with van der Waals surface area (Å²) in [6.07, 6.45) is -3.81. The third-order valence-electron chi connectivity index (χ3n) is 2.09. The Bertz CT molecular complexity index is 450. The molecule has 0 aromatic heterocycles. The van der Waals surface area contributed by atoms with Gasteiger partial charge in [0.1, 0.15) is 10.8 Å². The lowest BCUT2D eigenvalue weighted by Crippen LogP contribution is -2.35. The van der Waals surface area contributed by atoms with Crippen LogP contribution in [-0.2, 0) is 0 Å². The van der Waals surface area contributed by atoms with Crippen molar-refractivity contribution < 1.29 is 22.0 Å². The van der Waals surface area contributed by atoms with E-state index in [1.165, 1.54) is 12.1 Å². The molecule has 0 spiro atoms. The third-order valence-corrected chi connectivity index (χ3v) is 2.30. The highest BCUT2D eigenvalue weighted by atomic mass is 32.1. The molecular formula is C10H9F5N2S. The number of halogens is 5. The summed E-state index contributed by atoms with van der Waals surface area (Å²) in [5.41, 5.74) is 4.80. The molecule has 18 heavy (non-hydrogen) atoms. The van der Waals surface area contributed by atoms with Gasteiger partial charge in [-0.05, 0) is 12.1 Å². The number of hydrogen-bond donors (Lipinski definition) is 2. The zero-order valence-corrected chi connectivity index (χ0v) is 9.71. The molecule has 8 heteroatoms. The van der Waals surface area contributed by atoms with Gasteiger partial charge in [-0.25, -0.2) is 13.2 Å². The van der Waals surface area contributed by atoms with Crippen LogP contribution in [0.5, 0.6) is 0 Å². The molecule has 1 rings (SSSR count). The van der Waals surface area contributed by atoms with Crippen molar-refractivity contribution in [3.8, 4) is 0 Å². The molecule has 0 aliphatic rings. The quantitative estimate of drug-likeness (QED) is 0.645. The van der Waals surface area contributed by atoms with Crippen LogP contribution in [0.1, 0.15) is 5.56 Å². The van der Waals surface area contributed by atoms with E-state index in [9.17, 15) is 22.0 Å². The lowest BCUT2D eigenvalue weighted by Gasteiger charge is -2.18. The first-order valence-electron chi connectivity index (χ1n) is 4.74. The summed E-state index contributed by atoms with van der Waals surface area (Å²) >= 11 is 4.56. The second-order valence-electron chi connectivity index (χ2n) is 3.44. The highest BCUT2D eigenvalue weighted by Crippen LogP contribution is 2.25. The molecule has 1 aromatic carbocycles. The van der Waals surface area contributed by atoms with Crippen molar-refractivity contribution in [1.82, 2.24) is 0 Å². The molecule has 3 N–H and O–H groups in total. The predicted octanol–water partition coefficient (Wildman–Crippen LogP) is 2.77. The molecule has 1 aromatic rings. The first-order valence-corrected chi connectivity index (χ1v) is 5.14. The topological polar surface area (TPSA) is 38.0 Å². The van der Waals surface area contributed by atoms with E-state index in [0.717, 1.165) is 6.07 Å². The van der Waals surface area contributed by atoms with E-state index in [-0.39, 0.29) is 16.2 Å². The largest absolute Gasteiger partial charge is 0.389 e. The maximum Gasteiger partial charge on any atom is 0.324 e. The van der Waals surface area contributed by atoms with E-state index in [4.69, 9.17) is 5.73 Å². The molecule has 0 saturated heterocycles. The van der Waals surface area contributed by atoms with Crippen LogP contribution >= 0.6 is 12.2 Å². The summed E-state index contributed by atoms with van der Waals surface area (Å²) in [6, 6.07) is 3.48. The van der Waals surface area contributed by atoms with Gasteiger partial charge in [-0.15, -0.1) is 0 Å². The minimum absolute atomic E-state index is 0.150. The molecule has 0 aliphatic heterocycles. The molecule has 0 aliphatic carbocycles. The minimum Gasteiger partial charge on any atom is -0.389 e. The van der Waals surface area contributed by atoms with Crippen molar-refractivity contribution in [3.63, 3.8) is 0 Å². The Balaban J connectivity index is 2.92. The molecule has 0 amide bonds. The monoisotopic (exact) mass is 284 g/mol. The van der Waals surface area contributed by atoms with Gasteiger partial charge in [0.15, 0.2) is 0 Å². The molecule has 0 radical (unpaired) electrons. The number of anilines is 1. The summed E-state index contributed by atoms with van der Waals surface area (Å²) in [6.45, 7) is -1.34. The van der Waals surface area contributed by atoms with E-state index in [1.54, 1.807) is 0 Å². The van der Waals surface area contributed by atoms with Crippen LogP contribution in [0, 0.1) is 5.82 Å². The van der Waals surface area contributed by atoms with Crippen LogP contribution in [0.3, 0.4) is 0 Å². The lowest BCUT2D eigenvalue weighted by atomic mass is 10.1. The summed E-state index contributed by atoms with van der Waals surface area (Å²) in [5.74, 6) is -5.03. The van der Waals surface area contributed by atoms with Gasteiger partial charge in [-0.2, -0.15) is 8.78 Å². The summed E-state index contributed by atoms with van der Waals surface area (Å²) in [7, 11) is 0. The third kappa shape index (κ3) is 3.28. The maximum absolute atomic E-state index is 13.3. The first-order chi connectivity index (χ1) is 8.25. The molecule has 0 heterocycles. The Labute approximate surface area is 105 Å². The van der Waals surface area contributed by atoms with E-state index < -0.39 is 24.7 Å². The van der Waals surface area contributed by atoms with Gasteiger partial charge in [-0.1, -0.05) is 18.3 Å². The van der Waals surface area contributed by atoms with Gasteiger partial charge in [0.25, 0.3) is 0 Å². The van der Waals surface area contributed by atoms with Gasteiger partial charge in [-0.3, -0.25) is 0 Å². The fourth-order valence-corrected chi connectivity index (χ4v) is 1.42. The Kier molecular flexibility index (Phi) is 4.44. The summed E-state index contributed by atoms with van der Waals surface area (Å²) in [4.78, 5) is -0.351. The van der Waals surface area contributed by atoms with Crippen molar-refractivity contribution in [1.29, 1.82) is 0 Å². The van der Waals surface area contributed by atoms with Gasteiger partial charge in [0.05, 0.1) is 12.1 Å². The second kappa shape index (κ2) is 5.47. The number of benzene rings is 1. The number of alkyl halides is 4. The Morgan fingerprint density at radius 1 is 1.39 bits per heavy atom. The first kappa shape index (κ1) is 14.6. The fraction of sp³-hybridized carbons (Fsp3) is 0.300. The van der Waals surface area contributed by atoms with Crippen molar-refractivity contribution in [3.05, 3.63) is 29.6 Å². The SMILES string of the molecule is NC(=S)c1c(F)cccc1NCC(F)(F)C(F)F. The van der Waals surface area contributed by atoms with E-state index >= 15 is 0 Å². The highest BCUT2D eigenvalue weighted by molar-refractivity contribution is 7.80. The highest BCUT2D eigenvalue weighted by Gasteiger charge is 2.40. The fourth-order valence-electron chi connectivity index (χ4n) is 1.21. The lowest BCUT2D eigenvalue weighted by molar-refractivity contribution is -0.117. The summed E-state index contributed by atoms with van der Waals surface area (Å²) < 4.78 is 62.6. The predicted molar refractivity (Wildman–Crippen MR) is 61.7 cm³/mol. The van der Waals surface area contributed by atoms with Crippen LogP contribution in [0.4, 0.5) is 27.6 Å². The normalized spacial score (nSPS) is 11.7. The van der Waals surface area contributed by atoms with Gasteiger partial charge >= 0.3 is 12.3 Å². The Hall–Kier alpha value is -1.44. The molecule has 0 bridgehead atoms. The number of nitrogens with one attached hydrogen (secondary N) is 1. The molecule has 100 valence electrons. The zero-order valence-electron chi connectivity index (χ0n) is 8.89. The molecule has 0 saturated carbocycles. The molecule has 2 nitrogen and oxygen atoms in total. The van der Waals surface area contributed by atoms with E-state index in [1.807, 2.05) is 5.32 Å². The Morgan fingerprint density at radius 3 is 2.50 bits per heavy atom. The summed E-state index contributed by atoms with van der Waals surface area (Å²) in [5, 5.41) is 2.02. The van der Waals surface area contributed by atoms with Crippen LogP contribution in [0.2, 0.25) is 0 Å². The van der Waals surface area contributed by atoms with E-state index in [2.05, 4.69) is 12.2 Å². The molecule has 0 atom stereocenters. The van der Waals surface area contributed by atoms with Crippen molar-refractivity contribution in [2.45, 2.75) is 12.3 Å². The van der Waals surface area contributed by atoms with Gasteiger partial charge in [0.2, 0.25) is 0 Å². The number of hydrogen-bond acceptors (Lipinski definition) is 2. The maximum atomic E-state index is 13.3. The standard InChI is InChI=1S/C10H9F5N2S/c11-5-2-1-3-6(7(5)8(16)18)17-4-10(14,15)9(12)13/h1-3,9,17H,4H2,(H2,16,18). The Morgan fingerprint density at radius 2 is 2.00 bits per heavy atom. The molecule has 0 unspecified atom stereocenters. The van der Waals surface area contributed by atoms with Crippen molar-refractivity contribution >= 4 is 22.9 Å². The zero-order chi connectivity index (χ0) is 13.9. The van der Waals surface area contributed by atoms with Crippen LogP contribution in [-0.4, -0.2) is 23.9 Å². The smallest absolute Gasteiger partial charge is 0.324 e.